The SMILES string of the molecule is CC(C)OCCCNC(=O)C1CCN(C(C(=O)Nc2ccccc2)c2ccccc2)CC1. The lowest BCUT2D eigenvalue weighted by Crippen LogP contribution is -2.45. The van der Waals surface area contributed by atoms with Crippen molar-refractivity contribution in [2.45, 2.75) is 45.3 Å². The van der Waals surface area contributed by atoms with Crippen LogP contribution < -0.4 is 10.6 Å². The molecule has 1 atom stereocenters. The van der Waals surface area contributed by atoms with Gasteiger partial charge in [-0.3, -0.25) is 14.5 Å². The predicted molar refractivity (Wildman–Crippen MR) is 127 cm³/mol. The maximum atomic E-state index is 13.2. The second-order valence-electron chi connectivity index (χ2n) is 8.54. The Labute approximate surface area is 191 Å². The third kappa shape index (κ3) is 7.18. The topological polar surface area (TPSA) is 70.7 Å². The van der Waals surface area contributed by atoms with Crippen molar-refractivity contribution in [1.29, 1.82) is 0 Å². The van der Waals surface area contributed by atoms with Crippen LogP contribution in [0.4, 0.5) is 5.69 Å². The monoisotopic (exact) mass is 437 g/mol. The Bertz CT molecular complexity index is 834. The van der Waals surface area contributed by atoms with Crippen LogP contribution in [0.3, 0.4) is 0 Å². The summed E-state index contributed by atoms with van der Waals surface area (Å²) in [7, 11) is 0. The molecule has 1 fully saturated rings. The van der Waals surface area contributed by atoms with Crippen molar-refractivity contribution < 1.29 is 14.3 Å². The van der Waals surface area contributed by atoms with Crippen LogP contribution >= 0.6 is 0 Å². The van der Waals surface area contributed by atoms with Crippen molar-refractivity contribution in [3.8, 4) is 0 Å². The Hall–Kier alpha value is -2.70. The number of para-hydroxylation sites is 1. The zero-order valence-electron chi connectivity index (χ0n) is 19.1. The lowest BCUT2D eigenvalue weighted by atomic mass is 9.93. The van der Waals surface area contributed by atoms with Gasteiger partial charge in [0.25, 0.3) is 0 Å². The number of nitrogens with one attached hydrogen (secondary N) is 2. The van der Waals surface area contributed by atoms with Crippen LogP contribution in [0.2, 0.25) is 0 Å². The Kier molecular flexibility index (Phi) is 9.26. The van der Waals surface area contributed by atoms with E-state index in [0.29, 0.717) is 26.2 Å². The zero-order chi connectivity index (χ0) is 22.8. The largest absolute Gasteiger partial charge is 0.379 e. The minimum Gasteiger partial charge on any atom is -0.379 e. The van der Waals surface area contributed by atoms with Crippen LogP contribution in [0.15, 0.2) is 60.7 Å². The van der Waals surface area contributed by atoms with Gasteiger partial charge in [0.15, 0.2) is 0 Å². The molecule has 1 aliphatic heterocycles. The van der Waals surface area contributed by atoms with Gasteiger partial charge in [0.1, 0.15) is 6.04 Å². The number of hydrogen-bond donors (Lipinski definition) is 2. The first-order valence-corrected chi connectivity index (χ1v) is 11.6. The summed E-state index contributed by atoms with van der Waals surface area (Å²) in [4.78, 5) is 28.0. The van der Waals surface area contributed by atoms with Crippen LogP contribution in [0.25, 0.3) is 0 Å². The summed E-state index contributed by atoms with van der Waals surface area (Å²) < 4.78 is 5.52. The van der Waals surface area contributed by atoms with E-state index in [0.717, 1.165) is 30.5 Å². The van der Waals surface area contributed by atoms with E-state index in [4.69, 9.17) is 4.74 Å². The molecule has 6 nitrogen and oxygen atoms in total. The Morgan fingerprint density at radius 2 is 1.62 bits per heavy atom. The van der Waals surface area contributed by atoms with Gasteiger partial charge in [-0.2, -0.15) is 0 Å². The Morgan fingerprint density at radius 1 is 1.00 bits per heavy atom. The molecule has 1 saturated heterocycles. The quantitative estimate of drug-likeness (QED) is 0.551. The molecule has 1 aliphatic rings. The van der Waals surface area contributed by atoms with Gasteiger partial charge in [-0.15, -0.1) is 0 Å². The molecule has 0 spiro atoms. The Balaban J connectivity index is 1.56. The normalized spacial score (nSPS) is 16.0. The predicted octanol–water partition coefficient (Wildman–Crippen LogP) is 4.01. The fraction of sp³-hybridized carbons (Fsp3) is 0.462. The van der Waals surface area contributed by atoms with Gasteiger partial charge in [-0.25, -0.2) is 0 Å². The summed E-state index contributed by atoms with van der Waals surface area (Å²) in [6.45, 7) is 6.72. The number of amides is 2. The molecule has 2 aromatic carbocycles. The average molecular weight is 438 g/mol. The molecule has 0 aliphatic carbocycles. The van der Waals surface area contributed by atoms with E-state index in [1.807, 2.05) is 74.5 Å². The van der Waals surface area contributed by atoms with E-state index in [2.05, 4.69) is 15.5 Å². The average Bonchev–Trinajstić information content (AvgIpc) is 2.80. The molecule has 0 saturated carbocycles. The van der Waals surface area contributed by atoms with Crippen molar-refractivity contribution >= 4 is 17.5 Å². The van der Waals surface area contributed by atoms with Crippen LogP contribution in [0.1, 0.15) is 44.7 Å². The second kappa shape index (κ2) is 12.4. The first kappa shape index (κ1) is 24.0. The molecule has 0 bridgehead atoms. The van der Waals surface area contributed by atoms with Gasteiger partial charge < -0.3 is 15.4 Å². The molecule has 2 amide bonds. The lowest BCUT2D eigenvalue weighted by molar-refractivity contribution is -0.127. The number of rotatable bonds is 10. The number of benzene rings is 2. The highest BCUT2D eigenvalue weighted by Gasteiger charge is 2.33. The summed E-state index contributed by atoms with van der Waals surface area (Å²) in [6.07, 6.45) is 2.53. The van der Waals surface area contributed by atoms with Crippen LogP contribution in [0, 0.1) is 5.92 Å². The molecule has 1 heterocycles. The number of ether oxygens (including phenoxy) is 1. The number of carbonyl (C=O) groups excluding carboxylic acids is 2. The Morgan fingerprint density at radius 3 is 2.25 bits per heavy atom. The van der Waals surface area contributed by atoms with E-state index < -0.39 is 0 Å². The number of piperidine rings is 1. The maximum Gasteiger partial charge on any atom is 0.246 e. The van der Waals surface area contributed by atoms with Crippen molar-refractivity contribution in [2.24, 2.45) is 5.92 Å². The third-order valence-electron chi connectivity index (χ3n) is 5.74. The zero-order valence-corrected chi connectivity index (χ0v) is 19.1. The molecule has 0 radical (unpaired) electrons. The smallest absolute Gasteiger partial charge is 0.246 e. The van der Waals surface area contributed by atoms with E-state index in [1.165, 1.54) is 0 Å². The van der Waals surface area contributed by atoms with Crippen LogP contribution in [-0.2, 0) is 14.3 Å². The molecule has 1 unspecified atom stereocenters. The fourth-order valence-electron chi connectivity index (χ4n) is 4.06. The molecule has 0 aromatic heterocycles. The van der Waals surface area contributed by atoms with Crippen molar-refractivity contribution in [3.05, 3.63) is 66.2 Å². The van der Waals surface area contributed by atoms with Crippen LogP contribution in [0.5, 0.6) is 0 Å². The molecular weight excluding hydrogens is 402 g/mol. The van der Waals surface area contributed by atoms with E-state index in [1.54, 1.807) is 0 Å². The van der Waals surface area contributed by atoms with Gasteiger partial charge in [0.05, 0.1) is 6.10 Å². The third-order valence-corrected chi connectivity index (χ3v) is 5.74. The molecule has 32 heavy (non-hydrogen) atoms. The van der Waals surface area contributed by atoms with Crippen molar-refractivity contribution in [1.82, 2.24) is 10.2 Å². The highest BCUT2D eigenvalue weighted by molar-refractivity contribution is 5.95. The highest BCUT2D eigenvalue weighted by Crippen LogP contribution is 2.28. The summed E-state index contributed by atoms with van der Waals surface area (Å²) in [5, 5.41) is 6.09. The number of hydrogen-bond acceptors (Lipinski definition) is 4. The van der Waals surface area contributed by atoms with Crippen molar-refractivity contribution in [2.75, 3.05) is 31.6 Å². The van der Waals surface area contributed by atoms with E-state index in [9.17, 15) is 9.59 Å². The lowest BCUT2D eigenvalue weighted by Gasteiger charge is -2.36. The molecule has 2 aromatic rings. The minimum absolute atomic E-state index is 0.00845. The highest BCUT2D eigenvalue weighted by atomic mass is 16.5. The minimum atomic E-state index is -0.381. The van der Waals surface area contributed by atoms with Gasteiger partial charge >= 0.3 is 0 Å². The van der Waals surface area contributed by atoms with Gasteiger partial charge in [0, 0.05) is 24.8 Å². The van der Waals surface area contributed by atoms with E-state index >= 15 is 0 Å². The molecule has 3 rings (SSSR count). The first-order chi connectivity index (χ1) is 15.5. The van der Waals surface area contributed by atoms with Gasteiger partial charge in [-0.1, -0.05) is 48.5 Å². The standard InChI is InChI=1S/C26H35N3O3/c1-20(2)32-19-9-16-27-25(30)22-14-17-29(18-15-22)24(21-10-5-3-6-11-21)26(31)28-23-12-7-4-8-13-23/h3-8,10-13,20,22,24H,9,14-19H2,1-2H3,(H,27,30)(H,28,31). The molecule has 6 heteroatoms. The summed E-state index contributed by atoms with van der Waals surface area (Å²) in [5.74, 6) is 0.0560. The number of nitrogens with zero attached hydrogens (tertiary/aromatic N) is 1. The second-order valence-corrected chi connectivity index (χ2v) is 8.54. The molecule has 2 N–H and O–H groups in total. The van der Waals surface area contributed by atoms with E-state index in [-0.39, 0.29) is 29.9 Å². The first-order valence-electron chi connectivity index (χ1n) is 11.6. The molecule has 172 valence electrons. The fourth-order valence-corrected chi connectivity index (χ4v) is 4.06. The number of anilines is 1. The maximum absolute atomic E-state index is 13.2. The van der Waals surface area contributed by atoms with Gasteiger partial charge in [-0.05, 0) is 63.9 Å². The number of carbonyl (C=O) groups is 2. The van der Waals surface area contributed by atoms with Crippen LogP contribution in [-0.4, -0.2) is 49.1 Å². The summed E-state index contributed by atoms with van der Waals surface area (Å²) >= 11 is 0. The van der Waals surface area contributed by atoms with Gasteiger partial charge in [0.2, 0.25) is 11.8 Å². The summed E-state index contributed by atoms with van der Waals surface area (Å²) in [5.41, 5.74) is 1.75. The molecular formula is C26H35N3O3. The summed E-state index contributed by atoms with van der Waals surface area (Å²) in [6, 6.07) is 19.0. The van der Waals surface area contributed by atoms with Crippen molar-refractivity contribution in [3.63, 3.8) is 0 Å². The number of likely N-dealkylation sites (tertiary alicyclic amines) is 1.